The van der Waals surface area contributed by atoms with Gasteiger partial charge in [0.25, 0.3) is 5.91 Å². The number of halogens is 4. The number of nitrogens with zero attached hydrogens (tertiary/aromatic N) is 6. The Hall–Kier alpha value is -4.21. The Bertz CT molecular complexity index is 1670. The van der Waals surface area contributed by atoms with Crippen molar-refractivity contribution in [2.24, 2.45) is 5.92 Å². The van der Waals surface area contributed by atoms with Crippen molar-refractivity contribution in [2.45, 2.75) is 18.7 Å². The fourth-order valence-electron chi connectivity index (χ4n) is 5.47. The summed E-state index contributed by atoms with van der Waals surface area (Å²) in [4.78, 5) is 38.0. The zero-order chi connectivity index (χ0) is 30.3. The summed E-state index contributed by atoms with van der Waals surface area (Å²) < 4.78 is 41.7. The van der Waals surface area contributed by atoms with Crippen molar-refractivity contribution in [1.29, 1.82) is 0 Å². The molecule has 3 aromatic heterocycles. The summed E-state index contributed by atoms with van der Waals surface area (Å²) in [6, 6.07) is 4.79. The third kappa shape index (κ3) is 5.75. The molecule has 0 aliphatic carbocycles. The minimum absolute atomic E-state index is 0.0226. The van der Waals surface area contributed by atoms with Crippen LogP contribution in [0.2, 0.25) is 5.02 Å². The molecule has 226 valence electrons. The fraction of sp³-hybridized carbons (Fsp3) is 0.370. The number of β-amino-alcohol motifs (C(OH)–C–C–N with tert-alkyl or cyclic N) is 1. The number of piperazine rings is 1. The van der Waals surface area contributed by atoms with E-state index < -0.39 is 18.0 Å². The number of piperidine rings is 1. The highest BCUT2D eigenvalue weighted by atomic mass is 35.5. The van der Waals surface area contributed by atoms with Crippen molar-refractivity contribution in [3.63, 3.8) is 0 Å². The first-order valence-electron chi connectivity index (χ1n) is 13.6. The minimum atomic E-state index is -4.62. The Morgan fingerprint density at radius 2 is 1.84 bits per heavy atom. The van der Waals surface area contributed by atoms with E-state index in [1.54, 1.807) is 28.0 Å². The number of H-pyrrole nitrogens is 1. The molecule has 0 spiro atoms. The first-order valence-corrected chi connectivity index (χ1v) is 13.9. The molecule has 4 aromatic rings. The van der Waals surface area contributed by atoms with Gasteiger partial charge < -0.3 is 25.5 Å². The van der Waals surface area contributed by atoms with Crippen LogP contribution >= 0.6 is 11.6 Å². The summed E-state index contributed by atoms with van der Waals surface area (Å²) in [5.41, 5.74) is 0.0922. The third-order valence-electron chi connectivity index (χ3n) is 7.64. The number of benzene rings is 1. The van der Waals surface area contributed by atoms with E-state index in [2.05, 4.69) is 25.7 Å². The molecule has 16 heteroatoms. The van der Waals surface area contributed by atoms with Gasteiger partial charge >= 0.3 is 6.18 Å². The van der Waals surface area contributed by atoms with Gasteiger partial charge in [0.2, 0.25) is 5.91 Å². The van der Waals surface area contributed by atoms with Crippen molar-refractivity contribution >= 4 is 40.6 Å². The van der Waals surface area contributed by atoms with Crippen LogP contribution in [0.1, 0.15) is 22.5 Å². The first-order chi connectivity index (χ1) is 20.6. The van der Waals surface area contributed by atoms with Crippen molar-refractivity contribution in [1.82, 2.24) is 39.7 Å². The SMILES string of the molecule is O=C(c1ccc(Nc2nccn3c(-c4cn[nH]c4C(F)(F)F)cnc23)cc1Cl)N1CCN(C(=O)C2CNCC(O)C2)CC1. The molecule has 2 amide bonds. The normalized spacial score (nSPS) is 19.6. The van der Waals surface area contributed by atoms with Gasteiger partial charge in [-0.15, -0.1) is 0 Å². The van der Waals surface area contributed by atoms with Crippen molar-refractivity contribution in [3.05, 3.63) is 59.3 Å². The van der Waals surface area contributed by atoms with Gasteiger partial charge in [0, 0.05) is 57.3 Å². The Morgan fingerprint density at radius 3 is 2.56 bits per heavy atom. The summed E-state index contributed by atoms with van der Waals surface area (Å²) >= 11 is 6.51. The number of imidazole rings is 1. The van der Waals surface area contributed by atoms with Crippen LogP contribution in [0.5, 0.6) is 0 Å². The summed E-state index contributed by atoms with van der Waals surface area (Å²) in [6.45, 7) is 2.49. The van der Waals surface area contributed by atoms with E-state index in [0.29, 0.717) is 56.9 Å². The summed E-state index contributed by atoms with van der Waals surface area (Å²) in [5.74, 6) is -0.303. The lowest BCUT2D eigenvalue weighted by molar-refractivity contribution is -0.140. The molecule has 0 radical (unpaired) electrons. The van der Waals surface area contributed by atoms with Crippen LogP contribution < -0.4 is 10.6 Å². The van der Waals surface area contributed by atoms with Crippen LogP contribution in [0.3, 0.4) is 0 Å². The Morgan fingerprint density at radius 1 is 1.07 bits per heavy atom. The quantitative estimate of drug-likeness (QED) is 0.268. The highest BCUT2D eigenvalue weighted by Crippen LogP contribution is 2.36. The zero-order valence-corrected chi connectivity index (χ0v) is 23.4. The number of nitrogens with one attached hydrogen (secondary N) is 3. The second-order valence-corrected chi connectivity index (χ2v) is 10.9. The number of hydrogen-bond acceptors (Lipinski definition) is 8. The average molecular weight is 618 g/mol. The number of carbonyl (C=O) groups excluding carboxylic acids is 2. The Labute approximate surface area is 247 Å². The standard InChI is InChI=1S/C27H27ClF3N9O3/c28-20-10-16(36-23-24-34-14-21(40(24)4-3-33-23)19-13-35-37-22(19)27(29,30)31)1-2-18(20)26(43)39-7-5-38(6-8-39)25(42)15-9-17(41)12-32-11-15/h1-4,10,13-15,17,32,41H,5-9,11-12H2,(H,33,36)(H,35,37). The molecule has 12 nitrogen and oxygen atoms in total. The maximum absolute atomic E-state index is 13.4. The number of fused-ring (bicyclic) bond motifs is 1. The molecule has 4 N–H and O–H groups in total. The number of aliphatic hydroxyl groups is 1. The number of aromatic amines is 1. The predicted molar refractivity (Wildman–Crippen MR) is 150 cm³/mol. The number of rotatable bonds is 5. The largest absolute Gasteiger partial charge is 0.433 e. The molecular formula is C27H27ClF3N9O3. The number of aliphatic hydroxyl groups excluding tert-OH is 1. The van der Waals surface area contributed by atoms with Crippen LogP contribution in [-0.4, -0.2) is 96.7 Å². The number of hydrogen-bond donors (Lipinski definition) is 4. The second-order valence-electron chi connectivity index (χ2n) is 10.5. The summed E-state index contributed by atoms with van der Waals surface area (Å²) in [6.07, 6.45) is 0.572. The van der Waals surface area contributed by atoms with Crippen LogP contribution in [0.15, 0.2) is 43.0 Å². The molecule has 0 saturated carbocycles. The predicted octanol–water partition coefficient (Wildman–Crippen LogP) is 2.79. The van der Waals surface area contributed by atoms with E-state index >= 15 is 0 Å². The molecule has 6 rings (SSSR count). The van der Waals surface area contributed by atoms with E-state index in [1.165, 1.54) is 23.0 Å². The number of anilines is 2. The highest BCUT2D eigenvalue weighted by Gasteiger charge is 2.37. The second kappa shape index (κ2) is 11.5. The van der Waals surface area contributed by atoms with E-state index in [1.807, 2.05) is 5.10 Å². The first kappa shape index (κ1) is 28.9. The molecular weight excluding hydrogens is 591 g/mol. The van der Waals surface area contributed by atoms with Gasteiger partial charge in [-0.2, -0.15) is 18.3 Å². The van der Waals surface area contributed by atoms with Crippen LogP contribution in [0, 0.1) is 5.92 Å². The average Bonchev–Trinajstić information content (AvgIpc) is 3.65. The molecule has 2 saturated heterocycles. The lowest BCUT2D eigenvalue weighted by atomic mass is 9.96. The molecule has 2 aliphatic heterocycles. The van der Waals surface area contributed by atoms with Crippen LogP contribution in [0.25, 0.3) is 16.9 Å². The van der Waals surface area contributed by atoms with E-state index in [-0.39, 0.29) is 45.5 Å². The topological polar surface area (TPSA) is 144 Å². The van der Waals surface area contributed by atoms with Crippen LogP contribution in [0.4, 0.5) is 24.7 Å². The van der Waals surface area contributed by atoms with E-state index in [9.17, 15) is 27.9 Å². The van der Waals surface area contributed by atoms with E-state index in [4.69, 9.17) is 11.6 Å². The molecule has 2 aliphatic rings. The van der Waals surface area contributed by atoms with Gasteiger partial charge in [0.15, 0.2) is 11.5 Å². The molecule has 0 bridgehead atoms. The van der Waals surface area contributed by atoms with Gasteiger partial charge in [-0.05, 0) is 24.6 Å². The molecule has 1 aromatic carbocycles. The maximum Gasteiger partial charge on any atom is 0.433 e. The van der Waals surface area contributed by atoms with Crippen molar-refractivity contribution in [2.75, 3.05) is 44.6 Å². The van der Waals surface area contributed by atoms with Gasteiger partial charge in [-0.3, -0.25) is 19.1 Å². The Kier molecular flexibility index (Phi) is 7.70. The van der Waals surface area contributed by atoms with Gasteiger partial charge in [-0.25, -0.2) is 9.97 Å². The number of carbonyl (C=O) groups is 2. The lowest BCUT2D eigenvalue weighted by Crippen LogP contribution is -2.54. The number of alkyl halides is 3. The van der Waals surface area contributed by atoms with E-state index in [0.717, 1.165) is 6.20 Å². The third-order valence-corrected chi connectivity index (χ3v) is 7.96. The highest BCUT2D eigenvalue weighted by molar-refractivity contribution is 6.34. The smallest absolute Gasteiger partial charge is 0.392 e. The van der Waals surface area contributed by atoms with Gasteiger partial charge in [-0.1, -0.05) is 11.6 Å². The van der Waals surface area contributed by atoms with Gasteiger partial charge in [0.05, 0.1) is 46.3 Å². The molecule has 2 fully saturated rings. The van der Waals surface area contributed by atoms with Crippen molar-refractivity contribution < 1.29 is 27.9 Å². The molecule has 2 atom stereocenters. The Balaban J connectivity index is 1.13. The summed E-state index contributed by atoms with van der Waals surface area (Å²) in [5, 5.41) is 21.7. The summed E-state index contributed by atoms with van der Waals surface area (Å²) in [7, 11) is 0. The molecule has 43 heavy (non-hydrogen) atoms. The maximum atomic E-state index is 13.4. The number of aromatic nitrogens is 5. The fourth-order valence-corrected chi connectivity index (χ4v) is 5.73. The lowest BCUT2D eigenvalue weighted by Gasteiger charge is -2.37. The van der Waals surface area contributed by atoms with Gasteiger partial charge in [0.1, 0.15) is 5.69 Å². The number of amides is 2. The minimum Gasteiger partial charge on any atom is -0.392 e. The zero-order valence-electron chi connectivity index (χ0n) is 22.6. The monoisotopic (exact) mass is 617 g/mol. The molecule has 5 heterocycles. The van der Waals surface area contributed by atoms with Crippen molar-refractivity contribution in [3.8, 4) is 11.3 Å². The molecule has 2 unspecified atom stereocenters. The van der Waals surface area contributed by atoms with Crippen LogP contribution in [-0.2, 0) is 11.0 Å².